The predicted molar refractivity (Wildman–Crippen MR) is 56.5 cm³/mol. The van der Waals surface area contributed by atoms with Crippen LogP contribution in [0.4, 0.5) is 17.6 Å². The minimum atomic E-state index is -3.58. The molecule has 0 atom stereocenters. The van der Waals surface area contributed by atoms with E-state index in [0.29, 0.717) is 12.1 Å². The summed E-state index contributed by atoms with van der Waals surface area (Å²) in [5, 5.41) is 8.34. The van der Waals surface area contributed by atoms with E-state index in [-0.39, 0.29) is 12.0 Å². The van der Waals surface area contributed by atoms with E-state index in [9.17, 15) is 22.4 Å². The van der Waals surface area contributed by atoms with Crippen molar-refractivity contribution in [2.24, 2.45) is 0 Å². The first kappa shape index (κ1) is 14.5. The lowest BCUT2D eigenvalue weighted by molar-refractivity contribution is -0.137. The molecular formula is C12H12F4O2. The Bertz CT molecular complexity index is 458. The van der Waals surface area contributed by atoms with Crippen molar-refractivity contribution in [2.75, 3.05) is 0 Å². The van der Waals surface area contributed by atoms with E-state index in [2.05, 4.69) is 0 Å². The summed E-state index contributed by atoms with van der Waals surface area (Å²) >= 11 is 0. The molecule has 0 saturated heterocycles. The first-order valence-corrected chi connectivity index (χ1v) is 5.30. The number of aryl methyl sites for hydroxylation is 1. The number of carboxylic acids is 1. The van der Waals surface area contributed by atoms with Gasteiger partial charge in [-0.25, -0.2) is 17.6 Å². The van der Waals surface area contributed by atoms with Gasteiger partial charge in [0.15, 0.2) is 0 Å². The van der Waals surface area contributed by atoms with Crippen molar-refractivity contribution in [3.05, 3.63) is 34.9 Å². The summed E-state index contributed by atoms with van der Waals surface area (Å²) in [6, 6.07) is 1.17. The van der Waals surface area contributed by atoms with E-state index in [0.717, 1.165) is 0 Å². The molecule has 1 aromatic carbocycles. The molecule has 0 saturated carbocycles. The Balaban J connectivity index is 2.90. The monoisotopic (exact) mass is 264 g/mol. The maximum atomic E-state index is 13.6. The molecule has 1 aromatic rings. The smallest absolute Gasteiger partial charge is 0.303 e. The van der Waals surface area contributed by atoms with Gasteiger partial charge in [0.1, 0.15) is 11.6 Å². The second-order valence-electron chi connectivity index (χ2n) is 4.03. The lowest BCUT2D eigenvalue weighted by Gasteiger charge is -2.17. The number of carboxylic acid groups (broad SMARTS) is 1. The van der Waals surface area contributed by atoms with Crippen molar-refractivity contribution < 1.29 is 27.5 Å². The Kier molecular flexibility index (Phi) is 4.32. The lowest BCUT2D eigenvalue weighted by atomic mass is 10.0. The second kappa shape index (κ2) is 5.37. The molecule has 0 spiro atoms. The molecule has 2 nitrogen and oxygen atoms in total. The van der Waals surface area contributed by atoms with Crippen LogP contribution in [0.2, 0.25) is 0 Å². The number of hydrogen-bond donors (Lipinski definition) is 1. The van der Waals surface area contributed by atoms with E-state index < -0.39 is 41.9 Å². The zero-order valence-electron chi connectivity index (χ0n) is 9.64. The molecular weight excluding hydrogens is 252 g/mol. The molecule has 6 heteroatoms. The largest absolute Gasteiger partial charge is 0.481 e. The molecule has 0 bridgehead atoms. The SMILES string of the molecule is Cc1cc(F)c(C(F)(F)CCCC(=O)O)cc1F. The van der Waals surface area contributed by atoms with Crippen LogP contribution in [0.25, 0.3) is 0 Å². The number of carbonyl (C=O) groups is 1. The fourth-order valence-electron chi connectivity index (χ4n) is 1.52. The zero-order valence-corrected chi connectivity index (χ0v) is 9.64. The second-order valence-corrected chi connectivity index (χ2v) is 4.03. The van der Waals surface area contributed by atoms with Crippen LogP contribution >= 0.6 is 0 Å². The zero-order chi connectivity index (χ0) is 13.9. The standard InChI is InChI=1S/C12H12F4O2/c1-7-5-10(14)8(6-9(7)13)12(15,16)4-2-3-11(17)18/h5-6H,2-4H2,1H3,(H,17,18). The number of hydrogen-bond acceptors (Lipinski definition) is 1. The summed E-state index contributed by atoms with van der Waals surface area (Å²) in [6.45, 7) is 1.27. The van der Waals surface area contributed by atoms with Crippen LogP contribution in [0.3, 0.4) is 0 Å². The average molecular weight is 264 g/mol. The van der Waals surface area contributed by atoms with E-state index in [1.54, 1.807) is 0 Å². The molecule has 0 fully saturated rings. The highest BCUT2D eigenvalue weighted by atomic mass is 19.3. The summed E-state index contributed by atoms with van der Waals surface area (Å²) in [4.78, 5) is 10.2. The number of halogens is 4. The first-order valence-electron chi connectivity index (χ1n) is 5.30. The van der Waals surface area contributed by atoms with Gasteiger partial charge in [-0.2, -0.15) is 0 Å². The van der Waals surface area contributed by atoms with E-state index in [1.165, 1.54) is 6.92 Å². The van der Waals surface area contributed by atoms with Crippen molar-refractivity contribution in [2.45, 2.75) is 32.1 Å². The molecule has 100 valence electrons. The van der Waals surface area contributed by atoms with Gasteiger partial charge >= 0.3 is 5.97 Å². The maximum Gasteiger partial charge on any atom is 0.303 e. The number of aliphatic carboxylic acids is 1. The predicted octanol–water partition coefficient (Wildman–Crippen LogP) is 3.62. The highest BCUT2D eigenvalue weighted by molar-refractivity contribution is 5.66. The van der Waals surface area contributed by atoms with Crippen LogP contribution in [0.5, 0.6) is 0 Å². The molecule has 0 aliphatic heterocycles. The van der Waals surface area contributed by atoms with E-state index >= 15 is 0 Å². The Labute approximate surface area is 101 Å². The number of benzene rings is 1. The summed E-state index contributed by atoms with van der Waals surface area (Å²) in [5.74, 6) is -6.88. The third-order valence-electron chi connectivity index (χ3n) is 2.52. The molecule has 18 heavy (non-hydrogen) atoms. The average Bonchev–Trinajstić information content (AvgIpc) is 2.22. The minimum absolute atomic E-state index is 0.0578. The van der Waals surface area contributed by atoms with Crippen LogP contribution in [-0.4, -0.2) is 11.1 Å². The van der Waals surface area contributed by atoms with Crippen LogP contribution in [-0.2, 0) is 10.7 Å². The highest BCUT2D eigenvalue weighted by Gasteiger charge is 2.34. The molecule has 0 radical (unpaired) electrons. The molecule has 0 heterocycles. The quantitative estimate of drug-likeness (QED) is 0.825. The summed E-state index contributed by atoms with van der Waals surface area (Å²) in [7, 11) is 0. The van der Waals surface area contributed by atoms with Gasteiger partial charge in [0.25, 0.3) is 5.92 Å². The van der Waals surface area contributed by atoms with Gasteiger partial charge in [-0.3, -0.25) is 4.79 Å². The molecule has 0 unspecified atom stereocenters. The Hall–Kier alpha value is -1.59. The topological polar surface area (TPSA) is 37.3 Å². The Morgan fingerprint density at radius 3 is 2.44 bits per heavy atom. The van der Waals surface area contributed by atoms with Crippen LogP contribution < -0.4 is 0 Å². The van der Waals surface area contributed by atoms with Gasteiger partial charge in [-0.1, -0.05) is 0 Å². The molecule has 0 aliphatic carbocycles. The van der Waals surface area contributed by atoms with E-state index in [4.69, 9.17) is 5.11 Å². The Morgan fingerprint density at radius 1 is 1.28 bits per heavy atom. The summed E-state index contributed by atoms with van der Waals surface area (Å²) < 4.78 is 53.7. The van der Waals surface area contributed by atoms with Crippen molar-refractivity contribution in [3.63, 3.8) is 0 Å². The third kappa shape index (κ3) is 3.45. The van der Waals surface area contributed by atoms with Crippen molar-refractivity contribution >= 4 is 5.97 Å². The van der Waals surface area contributed by atoms with Crippen LogP contribution in [0.15, 0.2) is 12.1 Å². The Morgan fingerprint density at radius 2 is 1.89 bits per heavy atom. The normalized spacial score (nSPS) is 11.6. The minimum Gasteiger partial charge on any atom is -0.481 e. The van der Waals surface area contributed by atoms with Crippen LogP contribution in [0, 0.1) is 18.6 Å². The third-order valence-corrected chi connectivity index (χ3v) is 2.52. The fourth-order valence-corrected chi connectivity index (χ4v) is 1.52. The van der Waals surface area contributed by atoms with Crippen molar-refractivity contribution in [1.82, 2.24) is 0 Å². The molecule has 0 aromatic heterocycles. The van der Waals surface area contributed by atoms with Gasteiger partial charge in [0.2, 0.25) is 0 Å². The highest BCUT2D eigenvalue weighted by Crippen LogP contribution is 2.35. The molecule has 0 aliphatic rings. The van der Waals surface area contributed by atoms with Crippen LogP contribution in [0.1, 0.15) is 30.4 Å². The number of rotatable bonds is 5. The molecule has 1 N–H and O–H groups in total. The fraction of sp³-hybridized carbons (Fsp3) is 0.417. The first-order chi connectivity index (χ1) is 8.24. The van der Waals surface area contributed by atoms with Gasteiger partial charge in [0.05, 0.1) is 5.56 Å². The van der Waals surface area contributed by atoms with Crippen molar-refractivity contribution in [1.29, 1.82) is 0 Å². The molecule has 0 amide bonds. The number of alkyl halides is 2. The van der Waals surface area contributed by atoms with Crippen molar-refractivity contribution in [3.8, 4) is 0 Å². The summed E-state index contributed by atoms with van der Waals surface area (Å²) in [6.07, 6.45) is -1.58. The van der Waals surface area contributed by atoms with Gasteiger partial charge in [-0.15, -0.1) is 0 Å². The van der Waals surface area contributed by atoms with Gasteiger partial charge in [0, 0.05) is 12.8 Å². The van der Waals surface area contributed by atoms with Gasteiger partial charge < -0.3 is 5.11 Å². The summed E-state index contributed by atoms with van der Waals surface area (Å²) in [5.41, 5.74) is -1.09. The maximum absolute atomic E-state index is 13.6. The van der Waals surface area contributed by atoms with E-state index in [1.807, 2.05) is 0 Å². The van der Waals surface area contributed by atoms with Gasteiger partial charge in [-0.05, 0) is 31.0 Å². The molecule has 1 rings (SSSR count). The lowest BCUT2D eigenvalue weighted by Crippen LogP contribution is -2.16.